The standard InChI is InChI=1S/C36H56O10/c1-7-8-9-10-11-12-13-14-15-16-17-18-23(39)35(44)22(4)33(42)25(27-31(5,6)36(27,35)45)29-32(19-37,46-29)30(41)34(43)26(33)24(21(3)38)20(2)28(34)40/h22,25-27,29-30,37,41-45H,7-19H2,1-6H3/t22-,25+,26-,27+,29?,30?,32+,33+,34+,35?,36-/m0/s1. The smallest absolute Gasteiger partial charge is 0.194 e. The number of aliphatic hydroxyl groups is 6. The zero-order chi connectivity index (χ0) is 34.3. The van der Waals surface area contributed by atoms with Gasteiger partial charge in [0.2, 0.25) is 0 Å². The number of unbranched alkanes of at least 4 members (excludes halogenated alkanes) is 10. The zero-order valence-electron chi connectivity index (χ0n) is 28.5. The van der Waals surface area contributed by atoms with Crippen molar-refractivity contribution in [2.75, 3.05) is 6.61 Å². The van der Waals surface area contributed by atoms with Crippen molar-refractivity contribution >= 4 is 17.3 Å². The van der Waals surface area contributed by atoms with Gasteiger partial charge in [0.15, 0.2) is 28.6 Å². The van der Waals surface area contributed by atoms with E-state index in [1.807, 2.05) is 0 Å². The number of carbonyl (C=O) groups is 3. The van der Waals surface area contributed by atoms with Crippen molar-refractivity contribution in [3.8, 4) is 0 Å². The number of ketones is 3. The molecule has 0 bridgehead atoms. The summed E-state index contributed by atoms with van der Waals surface area (Å²) < 4.78 is 5.90. The number of fused-ring (bicyclic) bond motifs is 7. The van der Waals surface area contributed by atoms with Crippen molar-refractivity contribution < 1.29 is 49.8 Å². The molecular weight excluding hydrogens is 592 g/mol. The Hall–Kier alpha value is -1.53. The fraction of sp³-hybridized carbons (Fsp3) is 0.861. The molecule has 0 aromatic rings. The van der Waals surface area contributed by atoms with Crippen molar-refractivity contribution in [3.05, 3.63) is 11.1 Å². The highest BCUT2D eigenvalue weighted by Crippen LogP contribution is 2.81. The topological polar surface area (TPSA) is 185 Å². The van der Waals surface area contributed by atoms with E-state index in [1.54, 1.807) is 13.8 Å². The molecule has 11 atom stereocenters. The van der Waals surface area contributed by atoms with Crippen LogP contribution in [0, 0.1) is 29.1 Å². The Labute approximate surface area is 272 Å². The van der Waals surface area contributed by atoms with Crippen molar-refractivity contribution in [2.24, 2.45) is 29.1 Å². The molecule has 3 unspecified atom stereocenters. The second kappa shape index (κ2) is 11.8. The normalized spacial score (nSPS) is 45.0. The lowest BCUT2D eigenvalue weighted by molar-refractivity contribution is -0.262. The number of hydrogen-bond donors (Lipinski definition) is 6. The molecule has 10 nitrogen and oxygen atoms in total. The molecule has 1 saturated heterocycles. The Kier molecular flexibility index (Phi) is 9.19. The Morgan fingerprint density at radius 1 is 0.891 bits per heavy atom. The van der Waals surface area contributed by atoms with Crippen LogP contribution >= 0.6 is 0 Å². The number of ether oxygens (including phenoxy) is 1. The SMILES string of the molecule is CCCCCCCCCCCCCC(=O)C1(O)[C@@H](C)[C@@]2(O)[C@@H](C3O[C@@]3(CO)C(O)[C@]3(O)C(=O)C(C)=C(C(C)=O)[C@@H]23)[C@@H]2C(C)(C)[C@@]21O. The molecule has 260 valence electrons. The molecule has 5 aliphatic rings. The molecule has 0 amide bonds. The summed E-state index contributed by atoms with van der Waals surface area (Å²) in [6.07, 6.45) is 8.61. The highest BCUT2D eigenvalue weighted by atomic mass is 16.6. The van der Waals surface area contributed by atoms with Crippen LogP contribution in [-0.2, 0) is 19.1 Å². The van der Waals surface area contributed by atoms with Crippen LogP contribution in [0.4, 0.5) is 0 Å². The molecule has 46 heavy (non-hydrogen) atoms. The van der Waals surface area contributed by atoms with Gasteiger partial charge in [-0.15, -0.1) is 0 Å². The average molecular weight is 649 g/mol. The Morgan fingerprint density at radius 3 is 1.91 bits per heavy atom. The summed E-state index contributed by atoms with van der Waals surface area (Å²) in [4.78, 5) is 41.0. The maximum Gasteiger partial charge on any atom is 0.194 e. The van der Waals surface area contributed by atoms with Crippen molar-refractivity contribution in [1.29, 1.82) is 0 Å². The molecule has 1 heterocycles. The number of Topliss-reactive ketones (excluding diaryl/α,β-unsaturated/α-hetero) is 3. The summed E-state index contributed by atoms with van der Waals surface area (Å²) in [7, 11) is 0. The van der Waals surface area contributed by atoms with Gasteiger partial charge >= 0.3 is 0 Å². The van der Waals surface area contributed by atoms with Gasteiger partial charge in [-0.05, 0) is 20.3 Å². The molecule has 1 aliphatic heterocycles. The number of hydrogen-bond acceptors (Lipinski definition) is 10. The number of aliphatic hydroxyl groups excluding tert-OH is 2. The Morgan fingerprint density at radius 2 is 1.41 bits per heavy atom. The van der Waals surface area contributed by atoms with E-state index in [-0.39, 0.29) is 17.6 Å². The molecule has 4 fully saturated rings. The monoisotopic (exact) mass is 648 g/mol. The molecule has 10 heteroatoms. The van der Waals surface area contributed by atoms with E-state index in [9.17, 15) is 45.0 Å². The summed E-state index contributed by atoms with van der Waals surface area (Å²) in [5.74, 6) is -7.60. The van der Waals surface area contributed by atoms with Crippen LogP contribution in [0.3, 0.4) is 0 Å². The van der Waals surface area contributed by atoms with E-state index < -0.39 is 93.3 Å². The lowest BCUT2D eigenvalue weighted by atomic mass is 9.52. The first-order valence-corrected chi connectivity index (χ1v) is 17.6. The summed E-state index contributed by atoms with van der Waals surface area (Å²) in [6.45, 7) is 8.70. The van der Waals surface area contributed by atoms with Crippen LogP contribution in [0.1, 0.15) is 119 Å². The molecule has 0 spiro atoms. The quantitative estimate of drug-likeness (QED) is 0.114. The lowest BCUT2D eigenvalue weighted by Gasteiger charge is -2.57. The maximum absolute atomic E-state index is 14.2. The van der Waals surface area contributed by atoms with Gasteiger partial charge in [-0.2, -0.15) is 0 Å². The molecule has 0 radical (unpaired) electrons. The number of carbonyl (C=O) groups excluding carboxylic acids is 3. The predicted molar refractivity (Wildman–Crippen MR) is 168 cm³/mol. The van der Waals surface area contributed by atoms with Crippen LogP contribution in [0.15, 0.2) is 11.1 Å². The average Bonchev–Trinajstić information content (AvgIpc) is 3.83. The fourth-order valence-electron chi connectivity index (χ4n) is 10.6. The maximum atomic E-state index is 14.2. The van der Waals surface area contributed by atoms with E-state index in [1.165, 1.54) is 59.3 Å². The molecule has 4 aliphatic carbocycles. The number of epoxide rings is 1. The molecule has 6 N–H and O–H groups in total. The van der Waals surface area contributed by atoms with E-state index >= 15 is 0 Å². The van der Waals surface area contributed by atoms with Crippen LogP contribution in [0.25, 0.3) is 0 Å². The summed E-state index contributed by atoms with van der Waals surface area (Å²) in [5.41, 5.74) is -13.0. The van der Waals surface area contributed by atoms with Crippen molar-refractivity contribution in [2.45, 2.75) is 159 Å². The van der Waals surface area contributed by atoms with E-state index in [4.69, 9.17) is 4.74 Å². The van der Waals surface area contributed by atoms with Gasteiger partial charge in [-0.3, -0.25) is 14.4 Å². The summed E-state index contributed by atoms with van der Waals surface area (Å²) in [6, 6.07) is 0. The molecule has 3 saturated carbocycles. The van der Waals surface area contributed by atoms with Crippen molar-refractivity contribution in [1.82, 2.24) is 0 Å². The minimum absolute atomic E-state index is 0.0465. The highest BCUT2D eigenvalue weighted by molar-refractivity contribution is 6.14. The van der Waals surface area contributed by atoms with Gasteiger partial charge in [0, 0.05) is 40.7 Å². The molecule has 0 aromatic heterocycles. The second-order valence-electron chi connectivity index (χ2n) is 15.8. The van der Waals surface area contributed by atoms with E-state index in [0.29, 0.717) is 6.42 Å². The summed E-state index contributed by atoms with van der Waals surface area (Å²) in [5, 5.41) is 72.2. The van der Waals surface area contributed by atoms with E-state index in [0.717, 1.165) is 25.7 Å². The fourth-order valence-corrected chi connectivity index (χ4v) is 10.6. The Balaban J connectivity index is 1.44. The van der Waals surface area contributed by atoms with Crippen molar-refractivity contribution in [3.63, 3.8) is 0 Å². The predicted octanol–water partition coefficient (Wildman–Crippen LogP) is 2.71. The van der Waals surface area contributed by atoms with Crippen LogP contribution < -0.4 is 0 Å². The van der Waals surface area contributed by atoms with E-state index in [2.05, 4.69) is 6.92 Å². The van der Waals surface area contributed by atoms with Gasteiger partial charge in [0.1, 0.15) is 17.3 Å². The first-order valence-electron chi connectivity index (χ1n) is 17.6. The number of rotatable bonds is 15. The first-order chi connectivity index (χ1) is 21.4. The van der Waals surface area contributed by atoms with Gasteiger partial charge in [-0.1, -0.05) is 91.9 Å². The third-order valence-corrected chi connectivity index (χ3v) is 13.3. The van der Waals surface area contributed by atoms with Gasteiger partial charge in [-0.25, -0.2) is 0 Å². The minimum Gasteiger partial charge on any atom is -0.393 e. The minimum atomic E-state index is -2.78. The van der Waals surface area contributed by atoms with Gasteiger partial charge in [0.25, 0.3) is 0 Å². The Bertz CT molecular complexity index is 1290. The highest BCUT2D eigenvalue weighted by Gasteiger charge is 2.95. The van der Waals surface area contributed by atoms with Crippen LogP contribution in [-0.4, -0.2) is 94.8 Å². The molecule has 5 rings (SSSR count). The van der Waals surface area contributed by atoms with Crippen LogP contribution in [0.5, 0.6) is 0 Å². The third kappa shape index (κ3) is 4.36. The molecule has 0 aromatic carbocycles. The first kappa shape index (κ1) is 35.8. The van der Waals surface area contributed by atoms with Gasteiger partial charge in [0.05, 0.1) is 24.2 Å². The summed E-state index contributed by atoms with van der Waals surface area (Å²) >= 11 is 0. The lowest BCUT2D eigenvalue weighted by Crippen LogP contribution is -2.74. The van der Waals surface area contributed by atoms with Crippen LogP contribution in [0.2, 0.25) is 0 Å². The molecular formula is C36H56O10. The second-order valence-corrected chi connectivity index (χ2v) is 15.8. The largest absolute Gasteiger partial charge is 0.393 e. The zero-order valence-corrected chi connectivity index (χ0v) is 28.5. The van der Waals surface area contributed by atoms with Gasteiger partial charge < -0.3 is 35.4 Å². The third-order valence-electron chi connectivity index (χ3n) is 13.3.